The molecule has 0 unspecified atom stereocenters. The van der Waals surface area contributed by atoms with E-state index in [2.05, 4.69) is 48.0 Å². The van der Waals surface area contributed by atoms with Gasteiger partial charge in [0.05, 0.1) is 5.02 Å². The summed E-state index contributed by atoms with van der Waals surface area (Å²) in [5, 5.41) is 0.792. The third-order valence-corrected chi connectivity index (χ3v) is 8.06. The van der Waals surface area contributed by atoms with Crippen LogP contribution < -0.4 is 5.56 Å². The van der Waals surface area contributed by atoms with Crippen LogP contribution in [0.3, 0.4) is 0 Å². The van der Waals surface area contributed by atoms with Gasteiger partial charge in [0.25, 0.3) is 5.56 Å². The molecule has 0 radical (unpaired) electrons. The Balaban J connectivity index is 1.80. The molecule has 1 aromatic heterocycles. The Kier molecular flexibility index (Phi) is 9.95. The molecule has 174 valence electrons. The second kappa shape index (κ2) is 12.7. The van der Waals surface area contributed by atoms with Crippen LogP contribution in [0.15, 0.2) is 46.1 Å². The SMILES string of the molecule is CCc1ccc(/C(=C/C2CCCC2)c2ccc(SCCCN(CC)CC)c(Cl)c2)[nH]c1=O. The summed E-state index contributed by atoms with van der Waals surface area (Å²) in [6.07, 6.45) is 9.25. The molecule has 1 aromatic carbocycles. The van der Waals surface area contributed by atoms with E-state index in [0.29, 0.717) is 5.92 Å². The first-order chi connectivity index (χ1) is 15.5. The molecule has 2 aromatic rings. The summed E-state index contributed by atoms with van der Waals surface area (Å²) in [5.41, 5.74) is 3.89. The number of aromatic nitrogens is 1. The van der Waals surface area contributed by atoms with E-state index in [9.17, 15) is 4.79 Å². The highest BCUT2D eigenvalue weighted by Gasteiger charge is 2.17. The van der Waals surface area contributed by atoms with Crippen LogP contribution in [-0.4, -0.2) is 35.3 Å². The number of benzene rings is 1. The summed E-state index contributed by atoms with van der Waals surface area (Å²) in [7, 11) is 0. The van der Waals surface area contributed by atoms with Gasteiger partial charge in [-0.15, -0.1) is 11.8 Å². The molecule has 1 aliphatic rings. The minimum Gasteiger partial charge on any atom is -0.322 e. The average molecular weight is 473 g/mol. The lowest BCUT2D eigenvalue weighted by atomic mass is 9.95. The predicted octanol–water partition coefficient (Wildman–Crippen LogP) is 7.04. The average Bonchev–Trinajstić information content (AvgIpc) is 3.32. The normalized spacial score (nSPS) is 15.1. The zero-order valence-electron chi connectivity index (χ0n) is 19.8. The Labute approximate surface area is 202 Å². The molecule has 0 aliphatic heterocycles. The number of nitrogens with one attached hydrogen (secondary N) is 1. The zero-order chi connectivity index (χ0) is 22.9. The van der Waals surface area contributed by atoms with Gasteiger partial charge in [-0.25, -0.2) is 0 Å². The lowest BCUT2D eigenvalue weighted by Gasteiger charge is -2.17. The van der Waals surface area contributed by atoms with E-state index in [0.717, 1.165) is 70.5 Å². The summed E-state index contributed by atoms with van der Waals surface area (Å²) in [4.78, 5) is 19.2. The Morgan fingerprint density at radius 2 is 1.91 bits per heavy atom. The third-order valence-electron chi connectivity index (χ3n) is 6.48. The largest absolute Gasteiger partial charge is 0.322 e. The third kappa shape index (κ3) is 6.76. The first kappa shape index (κ1) is 25.1. The molecule has 1 fully saturated rings. The summed E-state index contributed by atoms with van der Waals surface area (Å²) >= 11 is 8.55. The van der Waals surface area contributed by atoms with Crippen LogP contribution in [-0.2, 0) is 6.42 Å². The van der Waals surface area contributed by atoms with Crippen molar-refractivity contribution < 1.29 is 0 Å². The fourth-order valence-electron chi connectivity index (χ4n) is 4.44. The van der Waals surface area contributed by atoms with Crippen LogP contribution in [0.25, 0.3) is 5.57 Å². The fourth-order valence-corrected chi connectivity index (χ4v) is 5.63. The van der Waals surface area contributed by atoms with E-state index in [-0.39, 0.29) is 5.56 Å². The van der Waals surface area contributed by atoms with Crippen molar-refractivity contribution in [1.29, 1.82) is 0 Å². The van der Waals surface area contributed by atoms with Gasteiger partial charge in [0.1, 0.15) is 0 Å². The monoisotopic (exact) mass is 472 g/mol. The number of nitrogens with zero attached hydrogens (tertiary/aromatic N) is 1. The molecule has 0 saturated heterocycles. The van der Waals surface area contributed by atoms with Gasteiger partial charge >= 0.3 is 0 Å². The van der Waals surface area contributed by atoms with Crippen LogP contribution in [0.5, 0.6) is 0 Å². The van der Waals surface area contributed by atoms with E-state index in [1.54, 1.807) is 0 Å². The summed E-state index contributed by atoms with van der Waals surface area (Å²) in [5.74, 6) is 1.62. The highest BCUT2D eigenvalue weighted by atomic mass is 35.5. The number of thioether (sulfide) groups is 1. The second-order valence-corrected chi connectivity index (χ2v) is 10.1. The van der Waals surface area contributed by atoms with Crippen LogP contribution in [0, 0.1) is 5.92 Å². The number of H-pyrrole nitrogens is 1. The molecule has 3 rings (SSSR count). The van der Waals surface area contributed by atoms with Crippen LogP contribution in [0.4, 0.5) is 0 Å². The van der Waals surface area contributed by atoms with Gasteiger partial charge in [-0.05, 0) is 80.8 Å². The van der Waals surface area contributed by atoms with Crippen molar-refractivity contribution in [2.45, 2.75) is 64.2 Å². The van der Waals surface area contributed by atoms with Crippen molar-refractivity contribution in [3.63, 3.8) is 0 Å². The standard InChI is InChI=1S/C27H37ClN2OS/c1-4-21-12-14-25(29-27(21)31)23(18-20-10-7-8-11-20)22-13-15-26(24(28)19-22)32-17-9-16-30(5-2)6-3/h12-15,18-20H,4-11,16-17H2,1-3H3,(H,29,31)/b23-18+. The van der Waals surface area contributed by atoms with Crippen LogP contribution >= 0.6 is 23.4 Å². The maximum atomic E-state index is 12.5. The van der Waals surface area contributed by atoms with Gasteiger partial charge in [0, 0.05) is 21.7 Å². The van der Waals surface area contributed by atoms with Crippen molar-refractivity contribution in [1.82, 2.24) is 9.88 Å². The molecule has 5 heteroatoms. The van der Waals surface area contributed by atoms with Gasteiger partial charge in [-0.1, -0.05) is 63.4 Å². The number of rotatable bonds is 11. The summed E-state index contributed by atoms with van der Waals surface area (Å²) in [6.45, 7) is 9.78. The van der Waals surface area contributed by atoms with Crippen molar-refractivity contribution in [3.05, 3.63) is 68.6 Å². The molecule has 0 spiro atoms. The maximum Gasteiger partial charge on any atom is 0.251 e. The quantitative estimate of drug-likeness (QED) is 0.281. The Morgan fingerprint density at radius 3 is 2.53 bits per heavy atom. The minimum absolute atomic E-state index is 0.00815. The van der Waals surface area contributed by atoms with Crippen LogP contribution in [0.2, 0.25) is 5.02 Å². The number of aromatic amines is 1. The topological polar surface area (TPSA) is 36.1 Å². The minimum atomic E-state index is 0.00815. The zero-order valence-corrected chi connectivity index (χ0v) is 21.3. The van der Waals surface area contributed by atoms with Gasteiger partial charge in [-0.2, -0.15) is 0 Å². The number of hydrogen-bond acceptors (Lipinski definition) is 3. The van der Waals surface area contributed by atoms with E-state index in [1.807, 2.05) is 30.8 Å². The maximum absolute atomic E-state index is 12.5. The fraction of sp³-hybridized carbons (Fsp3) is 0.519. The molecule has 0 bridgehead atoms. The molecule has 0 atom stereocenters. The second-order valence-electron chi connectivity index (χ2n) is 8.58. The molecule has 3 nitrogen and oxygen atoms in total. The lowest BCUT2D eigenvalue weighted by Crippen LogP contribution is -2.24. The Morgan fingerprint density at radius 1 is 1.16 bits per heavy atom. The molecule has 1 saturated carbocycles. The van der Waals surface area contributed by atoms with Crippen molar-refractivity contribution in [2.24, 2.45) is 5.92 Å². The highest BCUT2D eigenvalue weighted by Crippen LogP contribution is 2.35. The summed E-state index contributed by atoms with van der Waals surface area (Å²) in [6, 6.07) is 10.4. The Hall–Kier alpha value is -1.49. The smallest absolute Gasteiger partial charge is 0.251 e. The predicted molar refractivity (Wildman–Crippen MR) is 140 cm³/mol. The lowest BCUT2D eigenvalue weighted by molar-refractivity contribution is 0.305. The number of pyridine rings is 1. The van der Waals surface area contributed by atoms with E-state index >= 15 is 0 Å². The summed E-state index contributed by atoms with van der Waals surface area (Å²) < 4.78 is 0. The van der Waals surface area contributed by atoms with Gasteiger partial charge in [0.15, 0.2) is 0 Å². The van der Waals surface area contributed by atoms with Gasteiger partial charge in [0.2, 0.25) is 0 Å². The first-order valence-electron chi connectivity index (χ1n) is 12.1. The molecule has 1 aliphatic carbocycles. The highest BCUT2D eigenvalue weighted by molar-refractivity contribution is 7.99. The molecule has 1 N–H and O–H groups in total. The van der Waals surface area contributed by atoms with E-state index < -0.39 is 0 Å². The van der Waals surface area contributed by atoms with Crippen molar-refractivity contribution >= 4 is 28.9 Å². The molecule has 0 amide bonds. The number of aryl methyl sites for hydroxylation is 1. The number of hydrogen-bond donors (Lipinski definition) is 1. The first-order valence-corrected chi connectivity index (χ1v) is 13.5. The van der Waals surface area contributed by atoms with Crippen molar-refractivity contribution in [3.8, 4) is 0 Å². The molecule has 32 heavy (non-hydrogen) atoms. The molecular weight excluding hydrogens is 436 g/mol. The van der Waals surface area contributed by atoms with Crippen LogP contribution in [0.1, 0.15) is 69.7 Å². The molecular formula is C27H37ClN2OS. The van der Waals surface area contributed by atoms with E-state index in [1.165, 1.54) is 25.7 Å². The number of halogens is 1. The van der Waals surface area contributed by atoms with Gasteiger partial charge < -0.3 is 9.88 Å². The van der Waals surface area contributed by atoms with Gasteiger partial charge in [-0.3, -0.25) is 4.79 Å². The van der Waals surface area contributed by atoms with E-state index in [4.69, 9.17) is 11.6 Å². The Bertz CT molecular complexity index is 958. The van der Waals surface area contributed by atoms with Crippen molar-refractivity contribution in [2.75, 3.05) is 25.4 Å². The number of allylic oxidation sites excluding steroid dienone is 1. The molecule has 1 heterocycles.